The Balaban J connectivity index is 1.42. The number of benzene rings is 2. The van der Waals surface area contributed by atoms with Crippen LogP contribution in [0.1, 0.15) is 36.0 Å². The summed E-state index contributed by atoms with van der Waals surface area (Å²) in [5.74, 6) is 1.96. The SMILES string of the molecule is O=C(OC(C(F)(F)F)C(F)(F)F)N1CCC(=C(c2ccc3c(c2)CCCO3)c2ccc3c(c2)OCO3)CC1. The number of likely N-dealkylation sites (tertiary alicyclic amines) is 1. The van der Waals surface area contributed by atoms with E-state index in [1.54, 1.807) is 6.07 Å². The molecule has 0 aliphatic carbocycles. The lowest BCUT2D eigenvalue weighted by atomic mass is 9.87. The first kappa shape index (κ1) is 26.1. The highest BCUT2D eigenvalue weighted by atomic mass is 19.4. The van der Waals surface area contributed by atoms with Gasteiger partial charge < -0.3 is 23.8 Å². The molecule has 0 atom stereocenters. The molecule has 3 heterocycles. The number of ether oxygens (including phenoxy) is 4. The number of hydrogen-bond acceptors (Lipinski definition) is 5. The fraction of sp³-hybridized carbons (Fsp3) is 0.423. The Bertz CT molecular complexity index is 1230. The van der Waals surface area contributed by atoms with E-state index >= 15 is 0 Å². The molecule has 0 spiro atoms. The van der Waals surface area contributed by atoms with Gasteiger partial charge in [-0.15, -0.1) is 0 Å². The maximum absolute atomic E-state index is 12.9. The number of carbonyl (C=O) groups excluding carboxylic acids is 1. The molecule has 3 aliphatic rings. The Morgan fingerprint density at radius 3 is 2.13 bits per heavy atom. The average Bonchev–Trinajstić information content (AvgIpc) is 3.34. The predicted octanol–water partition coefficient (Wildman–Crippen LogP) is 6.27. The molecule has 0 N–H and O–H groups in total. The molecular weight excluding hydrogens is 520 g/mol. The van der Waals surface area contributed by atoms with E-state index in [9.17, 15) is 31.1 Å². The van der Waals surface area contributed by atoms with E-state index in [0.717, 1.165) is 51.3 Å². The Morgan fingerprint density at radius 2 is 1.45 bits per heavy atom. The zero-order valence-corrected chi connectivity index (χ0v) is 20.0. The molecule has 2 aromatic carbocycles. The number of rotatable bonds is 3. The van der Waals surface area contributed by atoms with Crippen molar-refractivity contribution in [1.82, 2.24) is 4.90 Å². The molecule has 5 rings (SSSR count). The monoisotopic (exact) mass is 543 g/mol. The largest absolute Gasteiger partial charge is 0.493 e. The molecule has 0 radical (unpaired) electrons. The normalized spacial score (nSPS) is 17.2. The molecule has 0 aromatic heterocycles. The number of halogens is 6. The van der Waals surface area contributed by atoms with E-state index in [1.165, 1.54) is 0 Å². The summed E-state index contributed by atoms with van der Waals surface area (Å²) in [4.78, 5) is 13.1. The molecule has 2 aromatic rings. The van der Waals surface area contributed by atoms with Crippen LogP contribution in [0.4, 0.5) is 31.1 Å². The van der Waals surface area contributed by atoms with E-state index in [0.29, 0.717) is 18.1 Å². The fourth-order valence-corrected chi connectivity index (χ4v) is 4.85. The van der Waals surface area contributed by atoms with Gasteiger partial charge in [0.05, 0.1) is 6.61 Å². The summed E-state index contributed by atoms with van der Waals surface area (Å²) in [6.07, 6.45) is -15.2. The number of fused-ring (bicyclic) bond motifs is 2. The Labute approximate surface area is 213 Å². The number of alkyl halides is 6. The van der Waals surface area contributed by atoms with Gasteiger partial charge in [-0.3, -0.25) is 0 Å². The molecule has 12 heteroatoms. The maximum Gasteiger partial charge on any atom is 0.434 e. The first-order valence-corrected chi connectivity index (χ1v) is 12.0. The number of amides is 1. The molecular formula is C26H23F6NO5. The Kier molecular flexibility index (Phi) is 6.83. The van der Waals surface area contributed by atoms with Crippen molar-refractivity contribution in [3.8, 4) is 17.2 Å². The quantitative estimate of drug-likeness (QED) is 0.428. The molecule has 3 aliphatic heterocycles. The third kappa shape index (κ3) is 5.34. The minimum absolute atomic E-state index is 0.0921. The zero-order valence-electron chi connectivity index (χ0n) is 20.0. The lowest BCUT2D eigenvalue weighted by Gasteiger charge is -2.32. The van der Waals surface area contributed by atoms with E-state index in [2.05, 4.69) is 4.74 Å². The van der Waals surface area contributed by atoms with Gasteiger partial charge in [0.1, 0.15) is 5.75 Å². The minimum atomic E-state index is -5.77. The summed E-state index contributed by atoms with van der Waals surface area (Å²) in [6, 6.07) is 11.3. The van der Waals surface area contributed by atoms with Crippen molar-refractivity contribution in [3.63, 3.8) is 0 Å². The average molecular weight is 543 g/mol. The van der Waals surface area contributed by atoms with Crippen LogP contribution < -0.4 is 14.2 Å². The van der Waals surface area contributed by atoms with Gasteiger partial charge in [0.2, 0.25) is 6.79 Å². The van der Waals surface area contributed by atoms with Crippen LogP contribution in [0.3, 0.4) is 0 Å². The first-order chi connectivity index (χ1) is 18.0. The minimum Gasteiger partial charge on any atom is -0.493 e. The van der Waals surface area contributed by atoms with Crippen molar-refractivity contribution in [3.05, 3.63) is 58.7 Å². The molecule has 0 bridgehead atoms. The molecule has 0 saturated carbocycles. The molecule has 6 nitrogen and oxygen atoms in total. The van der Waals surface area contributed by atoms with E-state index in [-0.39, 0.29) is 32.7 Å². The predicted molar refractivity (Wildman–Crippen MR) is 122 cm³/mol. The summed E-state index contributed by atoms with van der Waals surface area (Å²) >= 11 is 0. The van der Waals surface area contributed by atoms with Gasteiger partial charge >= 0.3 is 18.4 Å². The van der Waals surface area contributed by atoms with Gasteiger partial charge in [-0.1, -0.05) is 17.7 Å². The molecule has 0 unspecified atom stereocenters. The van der Waals surface area contributed by atoms with Gasteiger partial charge in [0.25, 0.3) is 6.10 Å². The standard InChI is InChI=1S/C26H23F6NO5/c27-25(28,29)23(26(30,31)32)38-24(34)33-9-7-15(8-10-33)22(18-4-6-20-21(13-18)37-14-36-20)17-3-5-19-16(12-17)2-1-11-35-19/h3-6,12-13,23H,1-2,7-11,14H2. The molecule has 38 heavy (non-hydrogen) atoms. The second kappa shape index (κ2) is 9.95. The van der Waals surface area contributed by atoms with Crippen molar-refractivity contribution >= 4 is 11.7 Å². The third-order valence-electron chi connectivity index (χ3n) is 6.65. The van der Waals surface area contributed by atoms with E-state index in [4.69, 9.17) is 14.2 Å². The van der Waals surface area contributed by atoms with Crippen LogP contribution in [0, 0.1) is 0 Å². The van der Waals surface area contributed by atoms with Crippen molar-refractivity contribution in [1.29, 1.82) is 0 Å². The number of aryl methyl sites for hydroxylation is 1. The van der Waals surface area contributed by atoms with Crippen LogP contribution in [0.2, 0.25) is 0 Å². The fourth-order valence-electron chi connectivity index (χ4n) is 4.85. The highest BCUT2D eigenvalue weighted by Gasteiger charge is 2.60. The van der Waals surface area contributed by atoms with Crippen LogP contribution in [-0.2, 0) is 11.2 Å². The molecule has 1 saturated heterocycles. The van der Waals surface area contributed by atoms with Gasteiger partial charge in [0.15, 0.2) is 11.5 Å². The highest BCUT2D eigenvalue weighted by molar-refractivity contribution is 5.84. The summed E-state index contributed by atoms with van der Waals surface area (Å²) in [7, 11) is 0. The summed E-state index contributed by atoms with van der Waals surface area (Å²) in [5.41, 5.74) is 4.49. The molecule has 204 valence electrons. The van der Waals surface area contributed by atoms with Gasteiger partial charge in [-0.05, 0) is 72.2 Å². The topological polar surface area (TPSA) is 57.2 Å². The van der Waals surface area contributed by atoms with Crippen LogP contribution >= 0.6 is 0 Å². The van der Waals surface area contributed by atoms with Gasteiger partial charge in [-0.2, -0.15) is 26.3 Å². The second-order valence-electron chi connectivity index (χ2n) is 9.16. The van der Waals surface area contributed by atoms with Crippen molar-refractivity contribution < 1.29 is 50.1 Å². The summed E-state index contributed by atoms with van der Waals surface area (Å²) in [6.45, 7) is 0.532. The summed E-state index contributed by atoms with van der Waals surface area (Å²) in [5, 5.41) is 0. The number of hydrogen-bond donors (Lipinski definition) is 0. The van der Waals surface area contributed by atoms with Crippen LogP contribution in [0.25, 0.3) is 5.57 Å². The maximum atomic E-state index is 12.9. The van der Waals surface area contributed by atoms with Crippen LogP contribution in [-0.4, -0.2) is 55.9 Å². The smallest absolute Gasteiger partial charge is 0.434 e. The molecule has 1 fully saturated rings. The Morgan fingerprint density at radius 1 is 0.816 bits per heavy atom. The van der Waals surface area contributed by atoms with Gasteiger partial charge in [-0.25, -0.2) is 4.79 Å². The van der Waals surface area contributed by atoms with E-state index in [1.807, 2.05) is 30.3 Å². The number of piperidine rings is 1. The number of carbonyl (C=O) groups is 1. The lowest BCUT2D eigenvalue weighted by Crippen LogP contribution is -2.49. The van der Waals surface area contributed by atoms with Crippen molar-refractivity contribution in [2.75, 3.05) is 26.5 Å². The molecule has 1 amide bonds. The van der Waals surface area contributed by atoms with E-state index < -0.39 is 24.5 Å². The Hall–Kier alpha value is -3.57. The number of nitrogens with zero attached hydrogens (tertiary/aromatic N) is 1. The van der Waals surface area contributed by atoms with Crippen molar-refractivity contribution in [2.24, 2.45) is 0 Å². The zero-order chi connectivity index (χ0) is 27.1. The lowest BCUT2D eigenvalue weighted by molar-refractivity contribution is -0.308. The van der Waals surface area contributed by atoms with Crippen molar-refractivity contribution in [2.45, 2.75) is 44.1 Å². The third-order valence-corrected chi connectivity index (χ3v) is 6.65. The highest BCUT2D eigenvalue weighted by Crippen LogP contribution is 2.41. The van der Waals surface area contributed by atoms with Crippen LogP contribution in [0.15, 0.2) is 42.0 Å². The summed E-state index contributed by atoms with van der Waals surface area (Å²) < 4.78 is 97.6. The van der Waals surface area contributed by atoms with Crippen LogP contribution in [0.5, 0.6) is 17.2 Å². The first-order valence-electron chi connectivity index (χ1n) is 12.0. The van der Waals surface area contributed by atoms with Gasteiger partial charge in [0, 0.05) is 13.1 Å². The second-order valence-corrected chi connectivity index (χ2v) is 9.16.